The van der Waals surface area contributed by atoms with Gasteiger partial charge in [0.05, 0.1) is 18.7 Å². The van der Waals surface area contributed by atoms with Crippen molar-refractivity contribution in [3.8, 4) is 17.2 Å². The van der Waals surface area contributed by atoms with E-state index in [1.54, 1.807) is 25.3 Å². The van der Waals surface area contributed by atoms with Gasteiger partial charge in [-0.2, -0.15) is 0 Å². The predicted molar refractivity (Wildman–Crippen MR) is 127 cm³/mol. The fraction of sp³-hybridized carbons (Fsp3) is 0.280. The van der Waals surface area contributed by atoms with Gasteiger partial charge in [0.15, 0.2) is 11.5 Å². The van der Waals surface area contributed by atoms with E-state index in [1.807, 2.05) is 31.2 Å². The molecule has 0 aromatic heterocycles. The number of hydrogen-bond acceptors (Lipinski definition) is 4. The Kier molecular flexibility index (Phi) is 9.03. The zero-order valence-electron chi connectivity index (χ0n) is 18.1. The standard InChI is InChI=1S/C25H26Cl2FNO3/c1-3-31-24-13-18(15-29-12-11-17-7-4-5-10-23(17)30-2)21(27)14-25(24)32-16-19-20(26)8-6-9-22(19)28/h4-10,13-14,29H,3,11-12,15-16H2,1-2H3. The van der Waals surface area contributed by atoms with Crippen LogP contribution in [0.5, 0.6) is 17.2 Å². The van der Waals surface area contributed by atoms with E-state index >= 15 is 0 Å². The Morgan fingerprint density at radius 1 is 0.875 bits per heavy atom. The molecule has 0 bridgehead atoms. The van der Waals surface area contributed by atoms with Crippen molar-refractivity contribution in [2.24, 2.45) is 0 Å². The topological polar surface area (TPSA) is 39.7 Å². The fourth-order valence-electron chi connectivity index (χ4n) is 3.27. The van der Waals surface area contributed by atoms with E-state index in [0.717, 1.165) is 29.8 Å². The first kappa shape index (κ1) is 24.2. The third-order valence-corrected chi connectivity index (χ3v) is 5.63. The lowest BCUT2D eigenvalue weighted by atomic mass is 10.1. The van der Waals surface area contributed by atoms with E-state index in [9.17, 15) is 4.39 Å². The summed E-state index contributed by atoms with van der Waals surface area (Å²) in [6, 6.07) is 16.0. The molecule has 3 rings (SSSR count). The molecule has 0 amide bonds. The van der Waals surface area contributed by atoms with Gasteiger partial charge in [-0.15, -0.1) is 0 Å². The van der Waals surface area contributed by atoms with Gasteiger partial charge in [-0.25, -0.2) is 4.39 Å². The second-order valence-corrected chi connectivity index (χ2v) is 7.87. The summed E-state index contributed by atoms with van der Waals surface area (Å²) >= 11 is 12.6. The van der Waals surface area contributed by atoms with Crippen LogP contribution in [-0.2, 0) is 19.6 Å². The lowest BCUT2D eigenvalue weighted by molar-refractivity contribution is 0.265. The molecule has 1 N–H and O–H groups in total. The van der Waals surface area contributed by atoms with E-state index in [4.69, 9.17) is 37.4 Å². The van der Waals surface area contributed by atoms with Gasteiger partial charge >= 0.3 is 0 Å². The zero-order valence-corrected chi connectivity index (χ0v) is 19.6. The number of hydrogen-bond donors (Lipinski definition) is 1. The largest absolute Gasteiger partial charge is 0.496 e. The smallest absolute Gasteiger partial charge is 0.163 e. The third-order valence-electron chi connectivity index (χ3n) is 4.93. The highest BCUT2D eigenvalue weighted by Crippen LogP contribution is 2.35. The van der Waals surface area contributed by atoms with E-state index in [1.165, 1.54) is 6.07 Å². The molecule has 0 aliphatic heterocycles. The van der Waals surface area contributed by atoms with Crippen LogP contribution in [0.3, 0.4) is 0 Å². The van der Waals surface area contributed by atoms with Gasteiger partial charge < -0.3 is 19.5 Å². The first-order valence-electron chi connectivity index (χ1n) is 10.4. The lowest BCUT2D eigenvalue weighted by Crippen LogP contribution is -2.17. The second-order valence-electron chi connectivity index (χ2n) is 7.05. The van der Waals surface area contributed by atoms with Crippen LogP contribution in [0.25, 0.3) is 0 Å². The molecule has 4 nitrogen and oxygen atoms in total. The summed E-state index contributed by atoms with van der Waals surface area (Å²) in [5.41, 5.74) is 2.31. The molecule has 0 aliphatic carbocycles. The van der Waals surface area contributed by atoms with Crippen molar-refractivity contribution in [1.29, 1.82) is 0 Å². The minimum atomic E-state index is -0.419. The average Bonchev–Trinajstić information content (AvgIpc) is 2.79. The van der Waals surface area contributed by atoms with Gasteiger partial charge in [0.2, 0.25) is 0 Å². The Labute approximate surface area is 198 Å². The Morgan fingerprint density at radius 2 is 1.66 bits per heavy atom. The minimum Gasteiger partial charge on any atom is -0.496 e. The molecule has 7 heteroatoms. The van der Waals surface area contributed by atoms with Crippen molar-refractivity contribution in [2.45, 2.75) is 26.5 Å². The van der Waals surface area contributed by atoms with E-state index in [0.29, 0.717) is 34.7 Å². The summed E-state index contributed by atoms with van der Waals surface area (Å²) < 4.78 is 31.0. The van der Waals surface area contributed by atoms with Gasteiger partial charge in [0.1, 0.15) is 18.2 Å². The van der Waals surface area contributed by atoms with Crippen LogP contribution in [0.1, 0.15) is 23.6 Å². The summed E-state index contributed by atoms with van der Waals surface area (Å²) in [5, 5.41) is 4.25. The van der Waals surface area contributed by atoms with Crippen molar-refractivity contribution in [2.75, 3.05) is 20.3 Å². The van der Waals surface area contributed by atoms with Crippen LogP contribution in [0, 0.1) is 5.82 Å². The van der Waals surface area contributed by atoms with Crippen LogP contribution in [0.15, 0.2) is 54.6 Å². The molecule has 0 saturated heterocycles. The molecule has 0 fully saturated rings. The molecule has 3 aromatic carbocycles. The highest BCUT2D eigenvalue weighted by Gasteiger charge is 2.14. The number of nitrogens with one attached hydrogen (secondary N) is 1. The number of para-hydroxylation sites is 1. The molecule has 0 saturated carbocycles. The van der Waals surface area contributed by atoms with Crippen LogP contribution < -0.4 is 19.5 Å². The summed E-state index contributed by atoms with van der Waals surface area (Å²) in [6.07, 6.45) is 0.824. The van der Waals surface area contributed by atoms with E-state index in [-0.39, 0.29) is 12.2 Å². The van der Waals surface area contributed by atoms with Crippen molar-refractivity contribution in [1.82, 2.24) is 5.32 Å². The van der Waals surface area contributed by atoms with Crippen molar-refractivity contribution in [3.05, 3.63) is 87.2 Å². The van der Waals surface area contributed by atoms with Gasteiger partial charge in [0.25, 0.3) is 0 Å². The monoisotopic (exact) mass is 477 g/mol. The molecular formula is C25H26Cl2FNO3. The molecule has 0 atom stereocenters. The number of ether oxygens (including phenoxy) is 3. The van der Waals surface area contributed by atoms with Crippen molar-refractivity contribution < 1.29 is 18.6 Å². The molecule has 0 unspecified atom stereocenters. The average molecular weight is 478 g/mol. The number of benzene rings is 3. The van der Waals surface area contributed by atoms with E-state index in [2.05, 4.69) is 11.4 Å². The van der Waals surface area contributed by atoms with E-state index < -0.39 is 5.82 Å². The first-order chi connectivity index (χ1) is 15.5. The Hall–Kier alpha value is -2.47. The molecule has 32 heavy (non-hydrogen) atoms. The normalized spacial score (nSPS) is 10.8. The number of rotatable bonds is 11. The summed E-state index contributed by atoms with van der Waals surface area (Å²) in [4.78, 5) is 0. The highest BCUT2D eigenvalue weighted by atomic mass is 35.5. The Morgan fingerprint density at radius 3 is 2.41 bits per heavy atom. The fourth-order valence-corrected chi connectivity index (χ4v) is 3.71. The van der Waals surface area contributed by atoms with Crippen LogP contribution >= 0.6 is 23.2 Å². The maximum absolute atomic E-state index is 14.1. The molecule has 0 heterocycles. The van der Waals surface area contributed by atoms with Gasteiger partial charge in [-0.05, 0) is 55.3 Å². The predicted octanol–water partition coefficient (Wildman–Crippen LogP) is 6.45. The Bertz CT molecular complexity index is 1030. The molecule has 0 spiro atoms. The summed E-state index contributed by atoms with van der Waals surface area (Å²) in [7, 11) is 1.67. The SMILES string of the molecule is CCOc1cc(CNCCc2ccccc2OC)c(Cl)cc1OCc1c(F)cccc1Cl. The quantitative estimate of drug-likeness (QED) is 0.322. The third kappa shape index (κ3) is 6.28. The molecule has 0 aliphatic rings. The van der Waals surface area contributed by atoms with Crippen LogP contribution in [0.2, 0.25) is 10.0 Å². The first-order valence-corrected chi connectivity index (χ1v) is 11.1. The molecule has 170 valence electrons. The lowest BCUT2D eigenvalue weighted by Gasteiger charge is -2.16. The van der Waals surface area contributed by atoms with Crippen LogP contribution in [-0.4, -0.2) is 20.3 Å². The Balaban J connectivity index is 1.65. The zero-order chi connectivity index (χ0) is 22.9. The molecular weight excluding hydrogens is 452 g/mol. The van der Waals surface area contributed by atoms with Crippen molar-refractivity contribution >= 4 is 23.2 Å². The van der Waals surface area contributed by atoms with Gasteiger partial charge in [0, 0.05) is 23.2 Å². The maximum atomic E-state index is 14.1. The number of halogens is 3. The minimum absolute atomic E-state index is 0.0294. The van der Waals surface area contributed by atoms with Gasteiger partial charge in [-0.1, -0.05) is 47.5 Å². The molecule has 3 aromatic rings. The number of methoxy groups -OCH3 is 1. The molecule has 0 radical (unpaired) electrons. The second kappa shape index (κ2) is 12.0. The van der Waals surface area contributed by atoms with Gasteiger partial charge in [-0.3, -0.25) is 0 Å². The maximum Gasteiger partial charge on any atom is 0.163 e. The van der Waals surface area contributed by atoms with Crippen molar-refractivity contribution in [3.63, 3.8) is 0 Å². The summed E-state index contributed by atoms with van der Waals surface area (Å²) in [5.74, 6) is 1.44. The highest BCUT2D eigenvalue weighted by molar-refractivity contribution is 6.31. The van der Waals surface area contributed by atoms with Crippen LogP contribution in [0.4, 0.5) is 4.39 Å². The summed E-state index contributed by atoms with van der Waals surface area (Å²) in [6.45, 7) is 3.63.